The zero-order chi connectivity index (χ0) is 18.5. The number of halogens is 1. The summed E-state index contributed by atoms with van der Waals surface area (Å²) in [5, 5.41) is 0. The molecule has 2 aromatic heterocycles. The summed E-state index contributed by atoms with van der Waals surface area (Å²) in [6, 6.07) is 16.8. The summed E-state index contributed by atoms with van der Waals surface area (Å²) in [5.74, 6) is 2.23. The third kappa shape index (κ3) is 4.30. The second-order valence-electron chi connectivity index (χ2n) is 5.70. The van der Waals surface area contributed by atoms with Gasteiger partial charge in [-0.05, 0) is 60.7 Å². The first-order chi connectivity index (χ1) is 13.3. The van der Waals surface area contributed by atoms with Crippen LogP contribution in [0, 0.1) is 5.82 Å². The topological polar surface area (TPSA) is 57.4 Å². The number of hydrogen-bond acceptors (Lipinski definition) is 5. The molecule has 5 nitrogen and oxygen atoms in total. The van der Waals surface area contributed by atoms with Crippen LogP contribution in [0.3, 0.4) is 0 Å². The third-order valence-corrected chi connectivity index (χ3v) is 3.74. The van der Waals surface area contributed by atoms with Crippen LogP contribution in [0.2, 0.25) is 0 Å². The van der Waals surface area contributed by atoms with Crippen LogP contribution in [0.1, 0.15) is 5.69 Å². The number of hydrogen-bond donors (Lipinski definition) is 0. The predicted molar refractivity (Wildman–Crippen MR) is 97.0 cm³/mol. The predicted octanol–water partition coefficient (Wildman–Crippen LogP) is 5.25. The second-order valence-corrected chi connectivity index (χ2v) is 5.70. The molecule has 2 aromatic carbocycles. The minimum Gasteiger partial charge on any atom is -0.487 e. The van der Waals surface area contributed by atoms with E-state index in [0.717, 1.165) is 5.75 Å². The Labute approximate surface area is 155 Å². The van der Waals surface area contributed by atoms with Crippen molar-refractivity contribution >= 4 is 0 Å². The molecular formula is C21H15FN2O3. The molecule has 0 N–H and O–H groups in total. The van der Waals surface area contributed by atoms with Crippen LogP contribution in [0.5, 0.6) is 17.2 Å². The van der Waals surface area contributed by atoms with Gasteiger partial charge in [0.2, 0.25) is 5.89 Å². The molecule has 2 heterocycles. The fraction of sp³-hybridized carbons (Fsp3) is 0.0476. The SMILES string of the molecule is Fc1ccc(-c2nc(COc3ccc(Oc4ccncc4)cc3)co2)cc1. The molecule has 4 rings (SSSR count). The fourth-order valence-electron chi connectivity index (χ4n) is 2.40. The van der Waals surface area contributed by atoms with Gasteiger partial charge in [-0.15, -0.1) is 0 Å². The average molecular weight is 362 g/mol. The lowest BCUT2D eigenvalue weighted by Gasteiger charge is -2.07. The first-order valence-corrected chi connectivity index (χ1v) is 8.27. The molecule has 4 aromatic rings. The molecular weight excluding hydrogens is 347 g/mol. The normalized spacial score (nSPS) is 10.6. The maximum atomic E-state index is 13.0. The molecule has 0 bridgehead atoms. The van der Waals surface area contributed by atoms with Gasteiger partial charge < -0.3 is 13.9 Å². The summed E-state index contributed by atoms with van der Waals surface area (Å²) in [6.07, 6.45) is 4.87. The van der Waals surface area contributed by atoms with Crippen LogP contribution >= 0.6 is 0 Å². The standard InChI is InChI=1S/C21H15FN2O3/c22-16-3-1-15(2-4-16)21-24-17(14-26-21)13-25-18-5-7-19(8-6-18)27-20-9-11-23-12-10-20/h1-12,14H,13H2. The number of benzene rings is 2. The van der Waals surface area contributed by atoms with E-state index in [4.69, 9.17) is 13.9 Å². The highest BCUT2D eigenvalue weighted by molar-refractivity contribution is 5.52. The number of pyridine rings is 1. The second kappa shape index (κ2) is 7.70. The molecule has 0 amide bonds. The zero-order valence-corrected chi connectivity index (χ0v) is 14.2. The number of oxazole rings is 1. The van der Waals surface area contributed by atoms with Gasteiger partial charge in [0.05, 0.1) is 0 Å². The van der Waals surface area contributed by atoms with Gasteiger partial charge in [-0.1, -0.05) is 0 Å². The van der Waals surface area contributed by atoms with E-state index in [0.29, 0.717) is 28.6 Å². The molecule has 0 unspecified atom stereocenters. The lowest BCUT2D eigenvalue weighted by atomic mass is 10.2. The van der Waals surface area contributed by atoms with E-state index in [9.17, 15) is 4.39 Å². The average Bonchev–Trinajstić information content (AvgIpc) is 3.18. The molecule has 0 saturated heterocycles. The first-order valence-electron chi connectivity index (χ1n) is 8.27. The van der Waals surface area contributed by atoms with Crippen molar-refractivity contribution in [3.05, 3.63) is 90.8 Å². The summed E-state index contributed by atoms with van der Waals surface area (Å²) >= 11 is 0. The van der Waals surface area contributed by atoms with E-state index in [2.05, 4.69) is 9.97 Å². The van der Waals surface area contributed by atoms with Gasteiger partial charge in [0.15, 0.2) is 0 Å². The lowest BCUT2D eigenvalue weighted by Crippen LogP contribution is -1.95. The molecule has 6 heteroatoms. The van der Waals surface area contributed by atoms with Gasteiger partial charge >= 0.3 is 0 Å². The van der Waals surface area contributed by atoms with Gasteiger partial charge in [-0.25, -0.2) is 9.37 Å². The molecule has 134 valence electrons. The van der Waals surface area contributed by atoms with Gasteiger partial charge in [-0.2, -0.15) is 0 Å². The van der Waals surface area contributed by atoms with Crippen LogP contribution in [-0.2, 0) is 6.61 Å². The van der Waals surface area contributed by atoms with Gasteiger partial charge in [0, 0.05) is 18.0 Å². The van der Waals surface area contributed by atoms with E-state index < -0.39 is 0 Å². The van der Waals surface area contributed by atoms with Crippen molar-refractivity contribution in [1.82, 2.24) is 9.97 Å². The summed E-state index contributed by atoms with van der Waals surface area (Å²) < 4.78 is 29.8. The Morgan fingerprint density at radius 2 is 1.48 bits per heavy atom. The van der Waals surface area contributed by atoms with E-state index in [1.54, 1.807) is 36.7 Å². The Balaban J connectivity index is 1.35. The maximum absolute atomic E-state index is 13.0. The van der Waals surface area contributed by atoms with E-state index >= 15 is 0 Å². The molecule has 0 aliphatic heterocycles. The Morgan fingerprint density at radius 3 is 2.22 bits per heavy atom. The Morgan fingerprint density at radius 1 is 0.815 bits per heavy atom. The monoisotopic (exact) mass is 362 g/mol. The van der Waals surface area contributed by atoms with Crippen molar-refractivity contribution in [1.29, 1.82) is 0 Å². The molecule has 0 aliphatic carbocycles. The Kier molecular flexibility index (Phi) is 4.78. The van der Waals surface area contributed by atoms with Crippen LogP contribution in [-0.4, -0.2) is 9.97 Å². The first kappa shape index (κ1) is 16.8. The quantitative estimate of drug-likeness (QED) is 0.469. The van der Waals surface area contributed by atoms with Crippen LogP contribution in [0.4, 0.5) is 4.39 Å². The van der Waals surface area contributed by atoms with Gasteiger partial charge in [0.25, 0.3) is 0 Å². The molecule has 0 radical (unpaired) electrons. The molecule has 0 atom stereocenters. The number of ether oxygens (including phenoxy) is 2. The van der Waals surface area contributed by atoms with Gasteiger partial charge in [0.1, 0.15) is 41.6 Å². The molecule has 0 spiro atoms. The van der Waals surface area contributed by atoms with Crippen molar-refractivity contribution in [2.45, 2.75) is 6.61 Å². The summed E-state index contributed by atoms with van der Waals surface area (Å²) in [7, 11) is 0. The van der Waals surface area contributed by atoms with Gasteiger partial charge in [-0.3, -0.25) is 4.98 Å². The van der Waals surface area contributed by atoms with Crippen LogP contribution < -0.4 is 9.47 Å². The maximum Gasteiger partial charge on any atom is 0.226 e. The molecule has 0 saturated carbocycles. The molecule has 0 fully saturated rings. The van der Waals surface area contributed by atoms with Crippen molar-refractivity contribution in [2.75, 3.05) is 0 Å². The van der Waals surface area contributed by atoms with Crippen molar-refractivity contribution < 1.29 is 18.3 Å². The number of aromatic nitrogens is 2. The van der Waals surface area contributed by atoms with E-state index in [1.807, 2.05) is 24.3 Å². The number of nitrogens with zero attached hydrogens (tertiary/aromatic N) is 2. The Bertz CT molecular complexity index is 1000. The smallest absolute Gasteiger partial charge is 0.226 e. The highest BCUT2D eigenvalue weighted by atomic mass is 19.1. The zero-order valence-electron chi connectivity index (χ0n) is 14.2. The molecule has 0 aliphatic rings. The Hall–Kier alpha value is -3.67. The largest absolute Gasteiger partial charge is 0.487 e. The van der Waals surface area contributed by atoms with E-state index in [1.165, 1.54) is 18.4 Å². The minimum atomic E-state index is -0.301. The molecule has 27 heavy (non-hydrogen) atoms. The highest BCUT2D eigenvalue weighted by Gasteiger charge is 2.08. The highest BCUT2D eigenvalue weighted by Crippen LogP contribution is 2.24. The fourth-order valence-corrected chi connectivity index (χ4v) is 2.40. The lowest BCUT2D eigenvalue weighted by molar-refractivity contribution is 0.300. The van der Waals surface area contributed by atoms with E-state index in [-0.39, 0.29) is 12.4 Å². The minimum absolute atomic E-state index is 0.259. The summed E-state index contributed by atoms with van der Waals surface area (Å²) in [4.78, 5) is 8.30. The number of rotatable bonds is 6. The van der Waals surface area contributed by atoms with Crippen LogP contribution in [0.25, 0.3) is 11.5 Å². The summed E-state index contributed by atoms with van der Waals surface area (Å²) in [5.41, 5.74) is 1.35. The summed E-state index contributed by atoms with van der Waals surface area (Å²) in [6.45, 7) is 0.259. The third-order valence-electron chi connectivity index (χ3n) is 3.74. The van der Waals surface area contributed by atoms with Crippen LogP contribution in [0.15, 0.2) is 83.7 Å². The van der Waals surface area contributed by atoms with Crippen molar-refractivity contribution in [2.24, 2.45) is 0 Å². The van der Waals surface area contributed by atoms with Crippen molar-refractivity contribution in [3.63, 3.8) is 0 Å². The van der Waals surface area contributed by atoms with Crippen molar-refractivity contribution in [3.8, 4) is 28.7 Å².